The molecule has 1 unspecified atom stereocenters. The summed E-state index contributed by atoms with van der Waals surface area (Å²) in [5.41, 5.74) is 3.78. The molecule has 0 spiro atoms. The molecule has 2 aromatic rings. The maximum atomic E-state index is 9.42. The van der Waals surface area contributed by atoms with Crippen molar-refractivity contribution in [2.24, 2.45) is 0 Å². The van der Waals surface area contributed by atoms with E-state index in [-0.39, 0.29) is 6.10 Å². The predicted molar refractivity (Wildman–Crippen MR) is 72.4 cm³/mol. The maximum absolute atomic E-state index is 9.42. The number of hydrogen-bond acceptors (Lipinski definition) is 1. The molecule has 2 rings (SSSR count). The third kappa shape index (κ3) is 2.37. The highest BCUT2D eigenvalue weighted by Gasteiger charge is 2.09. The second-order valence-corrected chi connectivity index (χ2v) is 5.20. The van der Waals surface area contributed by atoms with Crippen molar-refractivity contribution in [2.75, 3.05) is 0 Å². The Morgan fingerprint density at radius 3 is 2.47 bits per heavy atom. The number of aliphatic hydroxyl groups is 1. The van der Waals surface area contributed by atoms with E-state index in [2.05, 4.69) is 49.6 Å². The Balaban J connectivity index is 2.50. The summed E-state index contributed by atoms with van der Waals surface area (Å²) in [6, 6.07) is 9.18. The van der Waals surface area contributed by atoms with E-state index < -0.39 is 0 Å². The fraction of sp³-hybridized carbons (Fsp3) is 0.467. The lowest BCUT2D eigenvalue weighted by Crippen LogP contribution is -2.04. The average Bonchev–Trinajstić information content (AvgIpc) is 2.51. The molecular formula is C15H21NO. The normalized spacial score (nSPS) is 13.5. The predicted octanol–water partition coefficient (Wildman–Crippen LogP) is 3.45. The van der Waals surface area contributed by atoms with Crippen LogP contribution in [0.3, 0.4) is 0 Å². The average molecular weight is 231 g/mol. The third-order valence-corrected chi connectivity index (χ3v) is 3.14. The van der Waals surface area contributed by atoms with Crippen LogP contribution in [-0.4, -0.2) is 15.8 Å². The Bertz CT molecular complexity index is 523. The summed E-state index contributed by atoms with van der Waals surface area (Å²) in [5, 5.41) is 10.7. The quantitative estimate of drug-likeness (QED) is 0.860. The van der Waals surface area contributed by atoms with Crippen LogP contribution >= 0.6 is 0 Å². The van der Waals surface area contributed by atoms with Crippen molar-refractivity contribution in [1.82, 2.24) is 4.57 Å². The van der Waals surface area contributed by atoms with E-state index in [0.29, 0.717) is 6.04 Å². The molecule has 1 aromatic carbocycles. The molecular weight excluding hydrogens is 210 g/mol. The van der Waals surface area contributed by atoms with Gasteiger partial charge in [0.05, 0.1) is 6.10 Å². The molecule has 0 saturated heterocycles. The van der Waals surface area contributed by atoms with E-state index in [1.54, 1.807) is 0 Å². The third-order valence-electron chi connectivity index (χ3n) is 3.14. The molecule has 0 saturated carbocycles. The van der Waals surface area contributed by atoms with Gasteiger partial charge in [-0.05, 0) is 57.9 Å². The first-order valence-electron chi connectivity index (χ1n) is 6.27. The summed E-state index contributed by atoms with van der Waals surface area (Å²) < 4.78 is 2.35. The number of aryl methyl sites for hydroxylation is 1. The fourth-order valence-corrected chi connectivity index (χ4v) is 2.58. The number of aliphatic hydroxyl groups excluding tert-OH is 1. The molecule has 1 aromatic heterocycles. The molecule has 17 heavy (non-hydrogen) atoms. The first-order valence-corrected chi connectivity index (χ1v) is 6.27. The zero-order valence-corrected chi connectivity index (χ0v) is 11.1. The molecule has 0 aliphatic carbocycles. The van der Waals surface area contributed by atoms with Gasteiger partial charge in [0.25, 0.3) is 0 Å². The Labute approximate surface area is 103 Å². The molecule has 1 N–H and O–H groups in total. The zero-order valence-electron chi connectivity index (χ0n) is 11.1. The van der Waals surface area contributed by atoms with Crippen molar-refractivity contribution < 1.29 is 5.11 Å². The van der Waals surface area contributed by atoms with Gasteiger partial charge in [-0.15, -0.1) is 0 Å². The largest absolute Gasteiger partial charge is 0.393 e. The van der Waals surface area contributed by atoms with Crippen LogP contribution in [-0.2, 0) is 6.42 Å². The van der Waals surface area contributed by atoms with Crippen LogP contribution in [0.15, 0.2) is 24.3 Å². The number of hydrogen-bond donors (Lipinski definition) is 1. The number of fused-ring (bicyclic) bond motifs is 1. The summed E-state index contributed by atoms with van der Waals surface area (Å²) in [6.45, 7) is 8.38. The van der Waals surface area contributed by atoms with Gasteiger partial charge in [-0.25, -0.2) is 0 Å². The van der Waals surface area contributed by atoms with E-state index in [4.69, 9.17) is 0 Å². The molecule has 0 amide bonds. The van der Waals surface area contributed by atoms with Gasteiger partial charge in [-0.2, -0.15) is 0 Å². The summed E-state index contributed by atoms with van der Waals surface area (Å²) in [5.74, 6) is 0. The lowest BCUT2D eigenvalue weighted by Gasteiger charge is -2.12. The minimum Gasteiger partial charge on any atom is -0.393 e. The number of rotatable bonds is 3. The highest BCUT2D eigenvalue weighted by atomic mass is 16.3. The molecule has 0 bridgehead atoms. The van der Waals surface area contributed by atoms with Crippen LogP contribution in [0, 0.1) is 6.92 Å². The second kappa shape index (κ2) is 4.53. The second-order valence-electron chi connectivity index (χ2n) is 5.20. The van der Waals surface area contributed by atoms with E-state index in [1.165, 1.54) is 22.2 Å². The van der Waals surface area contributed by atoms with Gasteiger partial charge in [-0.1, -0.05) is 6.07 Å². The van der Waals surface area contributed by atoms with Crippen molar-refractivity contribution in [1.29, 1.82) is 0 Å². The monoisotopic (exact) mass is 231 g/mol. The lowest BCUT2D eigenvalue weighted by atomic mass is 10.1. The van der Waals surface area contributed by atoms with Gasteiger partial charge in [0, 0.05) is 22.6 Å². The Kier molecular flexibility index (Phi) is 3.25. The van der Waals surface area contributed by atoms with Gasteiger partial charge in [0.1, 0.15) is 0 Å². The van der Waals surface area contributed by atoms with Crippen molar-refractivity contribution in [3.8, 4) is 0 Å². The van der Waals surface area contributed by atoms with Crippen LogP contribution in [0.25, 0.3) is 10.9 Å². The van der Waals surface area contributed by atoms with Gasteiger partial charge in [0.15, 0.2) is 0 Å². The molecule has 0 aliphatic heterocycles. The van der Waals surface area contributed by atoms with Gasteiger partial charge >= 0.3 is 0 Å². The molecule has 0 aliphatic rings. The SMILES string of the molecule is Cc1cc2cc(CC(C)O)ccc2n1C(C)C. The first-order chi connectivity index (χ1) is 7.99. The topological polar surface area (TPSA) is 25.2 Å². The van der Waals surface area contributed by atoms with Crippen LogP contribution < -0.4 is 0 Å². The van der Waals surface area contributed by atoms with Crippen LogP contribution in [0.5, 0.6) is 0 Å². The minimum absolute atomic E-state index is 0.277. The summed E-state index contributed by atoms with van der Waals surface area (Å²) >= 11 is 0. The smallest absolute Gasteiger partial charge is 0.0552 e. The number of nitrogens with zero attached hydrogens (tertiary/aromatic N) is 1. The van der Waals surface area contributed by atoms with Gasteiger partial charge < -0.3 is 9.67 Å². The van der Waals surface area contributed by atoms with Crippen LogP contribution in [0.1, 0.15) is 38.1 Å². The molecule has 2 heteroatoms. The van der Waals surface area contributed by atoms with Crippen molar-refractivity contribution >= 4 is 10.9 Å². The van der Waals surface area contributed by atoms with E-state index in [0.717, 1.165) is 6.42 Å². The molecule has 2 nitrogen and oxygen atoms in total. The Morgan fingerprint density at radius 1 is 1.18 bits per heavy atom. The fourth-order valence-electron chi connectivity index (χ4n) is 2.58. The Hall–Kier alpha value is -1.28. The first kappa shape index (κ1) is 12.2. The molecule has 1 heterocycles. The van der Waals surface area contributed by atoms with Crippen molar-refractivity contribution in [3.05, 3.63) is 35.5 Å². The van der Waals surface area contributed by atoms with Crippen LogP contribution in [0.2, 0.25) is 0 Å². The summed E-state index contributed by atoms with van der Waals surface area (Å²) in [7, 11) is 0. The molecule has 0 fully saturated rings. The number of benzene rings is 1. The highest BCUT2D eigenvalue weighted by Crippen LogP contribution is 2.25. The number of aromatic nitrogens is 1. The van der Waals surface area contributed by atoms with Crippen molar-refractivity contribution in [2.45, 2.75) is 46.3 Å². The molecule has 1 atom stereocenters. The maximum Gasteiger partial charge on any atom is 0.0552 e. The van der Waals surface area contributed by atoms with E-state index in [9.17, 15) is 5.11 Å². The highest BCUT2D eigenvalue weighted by molar-refractivity contribution is 5.82. The zero-order chi connectivity index (χ0) is 12.6. The van der Waals surface area contributed by atoms with Gasteiger partial charge in [-0.3, -0.25) is 0 Å². The molecule has 0 radical (unpaired) electrons. The van der Waals surface area contributed by atoms with Crippen molar-refractivity contribution in [3.63, 3.8) is 0 Å². The van der Waals surface area contributed by atoms with Gasteiger partial charge in [0.2, 0.25) is 0 Å². The summed E-state index contributed by atoms with van der Waals surface area (Å²) in [6.07, 6.45) is 0.447. The molecule has 92 valence electrons. The minimum atomic E-state index is -0.277. The van der Waals surface area contributed by atoms with E-state index >= 15 is 0 Å². The summed E-state index contributed by atoms with van der Waals surface area (Å²) in [4.78, 5) is 0. The standard InChI is InChI=1S/C15H21NO/c1-10(2)16-11(3)7-14-9-13(8-12(4)17)5-6-15(14)16/h5-7,9-10,12,17H,8H2,1-4H3. The Morgan fingerprint density at radius 2 is 1.88 bits per heavy atom. The van der Waals surface area contributed by atoms with Crippen LogP contribution in [0.4, 0.5) is 0 Å². The lowest BCUT2D eigenvalue weighted by molar-refractivity contribution is 0.195. The van der Waals surface area contributed by atoms with E-state index in [1.807, 2.05) is 6.92 Å².